The largest absolute Gasteiger partial charge is 0.463 e. The molecule has 1 rings (SSSR count). The molecule has 0 bridgehead atoms. The van der Waals surface area contributed by atoms with Gasteiger partial charge in [0, 0.05) is 18.6 Å². The van der Waals surface area contributed by atoms with E-state index in [1.807, 2.05) is 0 Å². The molecule has 0 heterocycles. The van der Waals surface area contributed by atoms with Crippen molar-refractivity contribution in [2.24, 2.45) is 0 Å². The Kier molecular flexibility index (Phi) is 5.59. The molecule has 0 atom stereocenters. The van der Waals surface area contributed by atoms with E-state index >= 15 is 0 Å². The summed E-state index contributed by atoms with van der Waals surface area (Å²) in [7, 11) is -4.02. The Hall–Kier alpha value is -2.00. The maximum absolute atomic E-state index is 11.7. The molecule has 0 aliphatic heterocycles. The molecule has 0 N–H and O–H groups in total. The molecule has 0 saturated heterocycles. The lowest BCUT2D eigenvalue weighted by molar-refractivity contribution is -0.384. The van der Waals surface area contributed by atoms with Crippen LogP contribution in [0.5, 0.6) is 0 Å². The smallest absolute Gasteiger partial charge is 0.305 e. The summed E-state index contributed by atoms with van der Waals surface area (Å²) >= 11 is 0. The van der Waals surface area contributed by atoms with E-state index in [4.69, 9.17) is 0 Å². The van der Waals surface area contributed by atoms with Crippen molar-refractivity contribution in [3.05, 3.63) is 34.4 Å². The highest BCUT2D eigenvalue weighted by Crippen LogP contribution is 2.17. The number of rotatable bonds is 7. The number of non-ortho nitro benzene ring substituents is 1. The van der Waals surface area contributed by atoms with Gasteiger partial charge in [-0.2, -0.15) is 8.42 Å². The maximum Gasteiger partial charge on any atom is 0.305 e. The first kappa shape index (κ1) is 16.1. The van der Waals surface area contributed by atoms with Crippen molar-refractivity contribution >= 4 is 21.8 Å². The van der Waals surface area contributed by atoms with Crippen molar-refractivity contribution in [2.75, 3.05) is 13.2 Å². The van der Waals surface area contributed by atoms with E-state index in [-0.39, 0.29) is 30.2 Å². The highest BCUT2D eigenvalue weighted by molar-refractivity contribution is 7.86. The third-order valence-corrected chi connectivity index (χ3v) is 3.54. The Morgan fingerprint density at radius 2 is 1.85 bits per heavy atom. The zero-order chi connectivity index (χ0) is 15.2. The van der Waals surface area contributed by atoms with E-state index in [2.05, 4.69) is 8.92 Å². The number of nitro groups is 1. The lowest BCUT2D eigenvalue weighted by atomic mass is 10.3. The van der Waals surface area contributed by atoms with Gasteiger partial charge >= 0.3 is 5.97 Å². The molecule has 0 radical (unpaired) electrons. The van der Waals surface area contributed by atoms with E-state index in [1.54, 1.807) is 6.92 Å². The second-order valence-electron chi connectivity index (χ2n) is 3.60. The van der Waals surface area contributed by atoms with E-state index in [1.165, 1.54) is 0 Å². The standard InChI is InChI=1S/C11H13NO7S/c1-2-11(13)18-7-8-19-20(16,17)10-5-3-9(4-6-10)12(14)15/h3-6H,2,7-8H2,1H3. The van der Waals surface area contributed by atoms with Crippen LogP contribution in [0.2, 0.25) is 0 Å². The monoisotopic (exact) mass is 303 g/mol. The van der Waals surface area contributed by atoms with Crippen molar-refractivity contribution in [1.29, 1.82) is 0 Å². The minimum atomic E-state index is -4.02. The fraction of sp³-hybridized carbons (Fsp3) is 0.364. The second-order valence-corrected chi connectivity index (χ2v) is 5.22. The van der Waals surface area contributed by atoms with Gasteiger partial charge in [0.1, 0.15) is 13.2 Å². The Morgan fingerprint density at radius 3 is 2.35 bits per heavy atom. The number of ether oxygens (including phenoxy) is 1. The van der Waals surface area contributed by atoms with Crippen LogP contribution in [-0.4, -0.2) is 32.5 Å². The number of hydrogen-bond donors (Lipinski definition) is 0. The summed E-state index contributed by atoms with van der Waals surface area (Å²) < 4.78 is 32.7. The van der Waals surface area contributed by atoms with Crippen LogP contribution in [0.1, 0.15) is 13.3 Å². The molecule has 8 nitrogen and oxygen atoms in total. The van der Waals surface area contributed by atoms with E-state index in [0.29, 0.717) is 0 Å². The Labute approximate surface area is 115 Å². The third-order valence-electron chi connectivity index (χ3n) is 2.21. The summed E-state index contributed by atoms with van der Waals surface area (Å²) in [5.74, 6) is -0.457. The molecule has 0 amide bonds. The lowest BCUT2D eigenvalue weighted by Gasteiger charge is -2.06. The van der Waals surface area contributed by atoms with Crippen molar-refractivity contribution in [1.82, 2.24) is 0 Å². The minimum Gasteiger partial charge on any atom is -0.463 e. The van der Waals surface area contributed by atoms with Crippen LogP contribution in [0.15, 0.2) is 29.2 Å². The first-order chi connectivity index (χ1) is 9.36. The Morgan fingerprint density at radius 1 is 1.25 bits per heavy atom. The van der Waals surface area contributed by atoms with E-state index in [9.17, 15) is 23.3 Å². The number of esters is 1. The van der Waals surface area contributed by atoms with Gasteiger partial charge in [0.2, 0.25) is 0 Å². The van der Waals surface area contributed by atoms with Crippen LogP contribution in [0, 0.1) is 10.1 Å². The number of carbonyl (C=O) groups is 1. The summed E-state index contributed by atoms with van der Waals surface area (Å²) in [6.07, 6.45) is 0.190. The molecule has 0 aromatic heterocycles. The fourth-order valence-corrected chi connectivity index (χ4v) is 2.10. The molecular formula is C11H13NO7S. The van der Waals surface area contributed by atoms with E-state index < -0.39 is 21.0 Å². The van der Waals surface area contributed by atoms with Gasteiger partial charge in [-0.3, -0.25) is 19.1 Å². The van der Waals surface area contributed by atoms with E-state index in [0.717, 1.165) is 24.3 Å². The number of benzene rings is 1. The average molecular weight is 303 g/mol. The highest BCUT2D eigenvalue weighted by Gasteiger charge is 2.16. The van der Waals surface area contributed by atoms with Gasteiger partial charge in [0.15, 0.2) is 0 Å². The van der Waals surface area contributed by atoms with Crippen LogP contribution < -0.4 is 0 Å². The molecule has 0 aliphatic carbocycles. The molecule has 0 fully saturated rings. The van der Waals surface area contributed by atoms with Gasteiger partial charge in [0.25, 0.3) is 15.8 Å². The molecule has 110 valence electrons. The quantitative estimate of drug-likeness (QED) is 0.245. The molecule has 0 aliphatic rings. The zero-order valence-electron chi connectivity index (χ0n) is 10.6. The summed E-state index contributed by atoms with van der Waals surface area (Å²) in [4.78, 5) is 20.4. The van der Waals surface area contributed by atoms with Crippen LogP contribution in [0.4, 0.5) is 5.69 Å². The van der Waals surface area contributed by atoms with Crippen LogP contribution in [0.25, 0.3) is 0 Å². The van der Waals surface area contributed by atoms with Gasteiger partial charge in [0.05, 0.1) is 9.82 Å². The van der Waals surface area contributed by atoms with Gasteiger partial charge in [-0.25, -0.2) is 0 Å². The third kappa shape index (κ3) is 4.59. The maximum atomic E-state index is 11.7. The predicted octanol–water partition coefficient (Wildman–Crippen LogP) is 1.25. The SMILES string of the molecule is CCC(=O)OCCOS(=O)(=O)c1ccc([N+](=O)[O-])cc1. The Bertz CT molecular complexity index is 579. The van der Waals surface area contributed by atoms with Gasteiger partial charge in [-0.05, 0) is 12.1 Å². The van der Waals surface area contributed by atoms with Gasteiger partial charge < -0.3 is 4.74 Å². The first-order valence-electron chi connectivity index (χ1n) is 5.66. The van der Waals surface area contributed by atoms with Gasteiger partial charge in [-0.15, -0.1) is 0 Å². The summed E-state index contributed by atoms with van der Waals surface area (Å²) in [6, 6.07) is 4.28. The number of nitro benzene ring substituents is 1. The molecule has 9 heteroatoms. The summed E-state index contributed by atoms with van der Waals surface area (Å²) in [5.41, 5.74) is -0.221. The van der Waals surface area contributed by atoms with Crippen LogP contribution in [0.3, 0.4) is 0 Å². The Balaban J connectivity index is 2.60. The molecule has 0 spiro atoms. The topological polar surface area (TPSA) is 113 Å². The lowest BCUT2D eigenvalue weighted by Crippen LogP contribution is -2.14. The predicted molar refractivity (Wildman–Crippen MR) is 67.5 cm³/mol. The normalized spacial score (nSPS) is 11.1. The van der Waals surface area contributed by atoms with Crippen molar-refractivity contribution < 1.29 is 27.1 Å². The molecular weight excluding hydrogens is 290 g/mol. The number of nitrogens with zero attached hydrogens (tertiary/aromatic N) is 1. The fourth-order valence-electron chi connectivity index (χ4n) is 1.20. The van der Waals surface area contributed by atoms with Crippen molar-refractivity contribution in [2.45, 2.75) is 18.2 Å². The summed E-state index contributed by atoms with van der Waals surface area (Å²) in [6.45, 7) is 1.11. The van der Waals surface area contributed by atoms with Crippen LogP contribution in [-0.2, 0) is 23.8 Å². The zero-order valence-corrected chi connectivity index (χ0v) is 11.5. The van der Waals surface area contributed by atoms with Crippen molar-refractivity contribution in [3.63, 3.8) is 0 Å². The summed E-state index contributed by atoms with van der Waals surface area (Å²) in [5, 5.41) is 10.4. The number of carbonyl (C=O) groups excluding carboxylic acids is 1. The number of hydrogen-bond acceptors (Lipinski definition) is 7. The van der Waals surface area contributed by atoms with Crippen molar-refractivity contribution in [3.8, 4) is 0 Å². The average Bonchev–Trinajstić information content (AvgIpc) is 2.43. The van der Waals surface area contributed by atoms with Crippen LogP contribution >= 0.6 is 0 Å². The molecule has 0 unspecified atom stereocenters. The minimum absolute atomic E-state index is 0.182. The molecule has 1 aromatic carbocycles. The first-order valence-corrected chi connectivity index (χ1v) is 7.07. The highest BCUT2D eigenvalue weighted by atomic mass is 32.2. The molecule has 20 heavy (non-hydrogen) atoms. The van der Waals surface area contributed by atoms with Gasteiger partial charge in [-0.1, -0.05) is 6.92 Å². The second kappa shape index (κ2) is 6.96. The molecule has 0 saturated carbocycles. The molecule has 1 aromatic rings.